The van der Waals surface area contributed by atoms with Crippen molar-refractivity contribution in [2.75, 3.05) is 36.5 Å². The number of aromatic nitrogens is 3. The third kappa shape index (κ3) is 4.17. The van der Waals surface area contributed by atoms with Crippen molar-refractivity contribution in [1.82, 2.24) is 15.0 Å². The predicted molar refractivity (Wildman–Crippen MR) is 107 cm³/mol. The van der Waals surface area contributed by atoms with Crippen LogP contribution in [0.15, 0.2) is 47.4 Å². The van der Waals surface area contributed by atoms with E-state index in [1.807, 2.05) is 18.2 Å². The van der Waals surface area contributed by atoms with Crippen LogP contribution in [0.3, 0.4) is 0 Å². The van der Waals surface area contributed by atoms with Gasteiger partial charge in [0.2, 0.25) is 5.91 Å². The molecule has 0 bridgehead atoms. The highest BCUT2D eigenvalue weighted by Gasteiger charge is 2.12. The minimum Gasteiger partial charge on any atom is -0.378 e. The van der Waals surface area contributed by atoms with Crippen LogP contribution in [-0.4, -0.2) is 47.2 Å². The molecule has 4 rings (SSSR count). The van der Waals surface area contributed by atoms with E-state index < -0.39 is 0 Å². The first kappa shape index (κ1) is 18.1. The maximum atomic E-state index is 12.2. The summed E-state index contributed by atoms with van der Waals surface area (Å²) in [6.45, 7) is 3.03. The second-order valence-corrected chi connectivity index (χ2v) is 6.58. The zero-order valence-corrected chi connectivity index (χ0v) is 15.4. The number of ether oxygens (including phenoxy) is 1. The van der Waals surface area contributed by atoms with Crippen LogP contribution in [0.25, 0.3) is 10.9 Å². The molecule has 0 radical (unpaired) electrons. The Hall–Kier alpha value is -3.26. The molecular weight excluding hydrogens is 358 g/mol. The van der Waals surface area contributed by atoms with Gasteiger partial charge in [-0.3, -0.25) is 9.59 Å². The van der Waals surface area contributed by atoms with E-state index in [0.717, 1.165) is 18.9 Å². The fourth-order valence-corrected chi connectivity index (χ4v) is 3.15. The zero-order chi connectivity index (χ0) is 19.3. The summed E-state index contributed by atoms with van der Waals surface area (Å²) in [6.07, 6.45) is 2.22. The van der Waals surface area contributed by atoms with E-state index in [4.69, 9.17) is 4.74 Å². The van der Waals surface area contributed by atoms with Gasteiger partial charge in [0.05, 0.1) is 36.0 Å². The predicted octanol–water partition coefficient (Wildman–Crippen LogP) is 1.73. The fraction of sp³-hybridized carbons (Fsp3) is 0.300. The van der Waals surface area contributed by atoms with Crippen LogP contribution < -0.4 is 15.8 Å². The molecule has 0 unspecified atom stereocenters. The van der Waals surface area contributed by atoms with Gasteiger partial charge < -0.3 is 19.9 Å². The van der Waals surface area contributed by atoms with Crippen molar-refractivity contribution in [3.8, 4) is 0 Å². The lowest BCUT2D eigenvalue weighted by Gasteiger charge is -2.27. The number of para-hydroxylation sites is 1. The van der Waals surface area contributed by atoms with Gasteiger partial charge in [0.1, 0.15) is 11.6 Å². The normalized spacial score (nSPS) is 14.2. The van der Waals surface area contributed by atoms with Crippen LogP contribution in [0.4, 0.5) is 11.5 Å². The number of H-pyrrole nitrogens is 1. The Kier molecular flexibility index (Phi) is 5.29. The molecule has 1 aliphatic heterocycles. The standard InChI is InChI=1S/C20H21N5O3/c26-19(8-6-17-23-16-4-2-1-3-15(16)20(27)24-17)22-14-5-7-18(21-13-14)25-9-11-28-12-10-25/h1-5,7,13H,6,8-12H2,(H,22,26)(H,23,24,27). The minimum atomic E-state index is -0.191. The van der Waals surface area contributed by atoms with Gasteiger partial charge in [-0.05, 0) is 24.3 Å². The molecule has 8 nitrogen and oxygen atoms in total. The molecule has 0 atom stereocenters. The molecule has 0 aliphatic carbocycles. The lowest BCUT2D eigenvalue weighted by molar-refractivity contribution is -0.116. The van der Waals surface area contributed by atoms with Crippen molar-refractivity contribution < 1.29 is 9.53 Å². The third-order valence-electron chi connectivity index (χ3n) is 4.62. The van der Waals surface area contributed by atoms with E-state index in [2.05, 4.69) is 25.2 Å². The molecule has 3 aromatic rings. The molecule has 3 heterocycles. The number of pyridine rings is 1. The van der Waals surface area contributed by atoms with E-state index in [1.54, 1.807) is 24.4 Å². The number of aryl methyl sites for hydroxylation is 1. The number of aromatic amines is 1. The Morgan fingerprint density at radius 2 is 2.00 bits per heavy atom. The Morgan fingerprint density at radius 3 is 2.79 bits per heavy atom. The molecule has 2 aromatic heterocycles. The molecule has 28 heavy (non-hydrogen) atoms. The monoisotopic (exact) mass is 379 g/mol. The van der Waals surface area contributed by atoms with Crippen LogP contribution in [0.5, 0.6) is 0 Å². The average Bonchev–Trinajstić information content (AvgIpc) is 2.73. The van der Waals surface area contributed by atoms with Crippen LogP contribution in [0, 0.1) is 0 Å². The number of nitrogens with one attached hydrogen (secondary N) is 2. The Labute approximate surface area is 161 Å². The van der Waals surface area contributed by atoms with Gasteiger partial charge in [-0.2, -0.15) is 0 Å². The summed E-state index contributed by atoms with van der Waals surface area (Å²) in [4.78, 5) is 38.0. The van der Waals surface area contributed by atoms with Crippen molar-refractivity contribution in [2.24, 2.45) is 0 Å². The number of amides is 1. The van der Waals surface area contributed by atoms with Crippen molar-refractivity contribution in [3.63, 3.8) is 0 Å². The lowest BCUT2D eigenvalue weighted by atomic mass is 10.2. The SMILES string of the molecule is O=C(CCc1nc2ccccc2c(=O)[nH]1)Nc1ccc(N2CCOCC2)nc1. The van der Waals surface area contributed by atoms with Crippen molar-refractivity contribution >= 4 is 28.3 Å². The number of carbonyl (C=O) groups excluding carboxylic acids is 1. The van der Waals surface area contributed by atoms with Gasteiger partial charge in [-0.1, -0.05) is 12.1 Å². The number of morpholine rings is 1. The maximum Gasteiger partial charge on any atom is 0.258 e. The number of carbonyl (C=O) groups is 1. The van der Waals surface area contributed by atoms with Crippen LogP contribution in [-0.2, 0) is 16.0 Å². The van der Waals surface area contributed by atoms with Crippen LogP contribution in [0.2, 0.25) is 0 Å². The number of rotatable bonds is 5. The topological polar surface area (TPSA) is 100 Å². The Morgan fingerprint density at radius 1 is 1.18 bits per heavy atom. The number of anilines is 2. The van der Waals surface area contributed by atoms with Crippen LogP contribution in [0.1, 0.15) is 12.2 Å². The summed E-state index contributed by atoms with van der Waals surface area (Å²) in [6, 6.07) is 10.9. The lowest BCUT2D eigenvalue weighted by Crippen LogP contribution is -2.36. The van der Waals surface area contributed by atoms with E-state index in [9.17, 15) is 9.59 Å². The number of hydrogen-bond donors (Lipinski definition) is 2. The number of hydrogen-bond acceptors (Lipinski definition) is 6. The second kappa shape index (κ2) is 8.18. The molecule has 1 amide bonds. The number of nitrogens with zero attached hydrogens (tertiary/aromatic N) is 3. The molecule has 1 fully saturated rings. The highest BCUT2D eigenvalue weighted by Crippen LogP contribution is 2.16. The summed E-state index contributed by atoms with van der Waals surface area (Å²) in [5, 5.41) is 3.37. The fourth-order valence-electron chi connectivity index (χ4n) is 3.15. The first-order chi connectivity index (χ1) is 13.7. The van der Waals surface area contributed by atoms with E-state index in [1.165, 1.54) is 0 Å². The maximum absolute atomic E-state index is 12.2. The smallest absolute Gasteiger partial charge is 0.258 e. The number of benzene rings is 1. The second-order valence-electron chi connectivity index (χ2n) is 6.58. The van der Waals surface area contributed by atoms with Gasteiger partial charge in [0, 0.05) is 25.9 Å². The molecule has 0 spiro atoms. The summed E-state index contributed by atoms with van der Waals surface area (Å²) >= 11 is 0. The summed E-state index contributed by atoms with van der Waals surface area (Å²) in [5.74, 6) is 1.22. The van der Waals surface area contributed by atoms with Gasteiger partial charge in [0.25, 0.3) is 5.56 Å². The molecule has 2 N–H and O–H groups in total. The molecule has 1 aliphatic rings. The highest BCUT2D eigenvalue weighted by molar-refractivity contribution is 5.90. The van der Waals surface area contributed by atoms with Gasteiger partial charge >= 0.3 is 0 Å². The summed E-state index contributed by atoms with van der Waals surface area (Å²) in [7, 11) is 0. The van der Waals surface area contributed by atoms with Crippen molar-refractivity contribution in [3.05, 3.63) is 58.8 Å². The van der Waals surface area contributed by atoms with E-state index in [0.29, 0.717) is 42.0 Å². The first-order valence-corrected chi connectivity index (χ1v) is 9.25. The van der Waals surface area contributed by atoms with Gasteiger partial charge in [0.15, 0.2) is 0 Å². The zero-order valence-electron chi connectivity index (χ0n) is 15.4. The highest BCUT2D eigenvalue weighted by atomic mass is 16.5. The Bertz CT molecular complexity index is 1030. The largest absolute Gasteiger partial charge is 0.378 e. The summed E-state index contributed by atoms with van der Waals surface area (Å²) in [5.41, 5.74) is 1.08. The quantitative estimate of drug-likeness (QED) is 0.700. The Balaban J connectivity index is 1.35. The van der Waals surface area contributed by atoms with E-state index >= 15 is 0 Å². The molecule has 0 saturated carbocycles. The van der Waals surface area contributed by atoms with Crippen molar-refractivity contribution in [1.29, 1.82) is 0 Å². The molecule has 1 aromatic carbocycles. The third-order valence-corrected chi connectivity index (χ3v) is 4.62. The van der Waals surface area contributed by atoms with Crippen molar-refractivity contribution in [2.45, 2.75) is 12.8 Å². The van der Waals surface area contributed by atoms with Gasteiger partial charge in [-0.25, -0.2) is 9.97 Å². The first-order valence-electron chi connectivity index (χ1n) is 9.25. The minimum absolute atomic E-state index is 0.156. The molecule has 1 saturated heterocycles. The summed E-state index contributed by atoms with van der Waals surface area (Å²) < 4.78 is 5.34. The van der Waals surface area contributed by atoms with E-state index in [-0.39, 0.29) is 17.9 Å². The molecule has 144 valence electrons. The number of fused-ring (bicyclic) bond motifs is 1. The molecule has 8 heteroatoms. The molecular formula is C20H21N5O3. The average molecular weight is 379 g/mol. The van der Waals surface area contributed by atoms with Crippen LogP contribution >= 0.6 is 0 Å². The van der Waals surface area contributed by atoms with Gasteiger partial charge in [-0.15, -0.1) is 0 Å².